The molecule has 3 rings (SSSR count). The predicted octanol–water partition coefficient (Wildman–Crippen LogP) is 4.62. The van der Waals surface area contributed by atoms with Gasteiger partial charge in [0.05, 0.1) is 11.8 Å². The van der Waals surface area contributed by atoms with Crippen LogP contribution in [0.15, 0.2) is 47.6 Å². The molecule has 0 saturated heterocycles. The first-order chi connectivity index (χ1) is 12.3. The fraction of sp³-hybridized carbons (Fsp3) is 0.211. The second-order valence-corrected chi connectivity index (χ2v) is 6.76. The summed E-state index contributed by atoms with van der Waals surface area (Å²) in [4.78, 5) is 23.1. The molecule has 0 aliphatic carbocycles. The second-order valence-electron chi connectivity index (χ2n) is 5.91. The van der Waals surface area contributed by atoms with Crippen LogP contribution in [0.3, 0.4) is 0 Å². The molecule has 1 heterocycles. The normalized spacial score (nSPS) is 16.4. The van der Waals surface area contributed by atoms with Crippen molar-refractivity contribution in [2.24, 2.45) is 5.10 Å². The van der Waals surface area contributed by atoms with E-state index >= 15 is 0 Å². The molecule has 2 aromatic rings. The van der Waals surface area contributed by atoms with Crippen molar-refractivity contribution in [3.8, 4) is 5.75 Å². The third-order valence-electron chi connectivity index (χ3n) is 4.00. The van der Waals surface area contributed by atoms with Gasteiger partial charge in [0.2, 0.25) is 5.91 Å². The SMILES string of the molecule is CC(=O)Oc1ccc(C2=NN(C(C)=O)C(c3ccc(Cl)cc3Cl)C2)cc1. The number of carbonyl (C=O) groups excluding carboxylic acids is 2. The van der Waals surface area contributed by atoms with Gasteiger partial charge in [-0.25, -0.2) is 5.01 Å². The van der Waals surface area contributed by atoms with E-state index in [2.05, 4.69) is 5.10 Å². The van der Waals surface area contributed by atoms with Crippen LogP contribution in [0, 0.1) is 0 Å². The zero-order valence-corrected chi connectivity index (χ0v) is 15.7. The number of carbonyl (C=O) groups is 2. The highest BCUT2D eigenvalue weighted by Crippen LogP contribution is 2.37. The Balaban J connectivity index is 1.89. The summed E-state index contributed by atoms with van der Waals surface area (Å²) < 4.78 is 5.04. The molecular weight excluding hydrogens is 375 g/mol. The number of esters is 1. The van der Waals surface area contributed by atoms with Crippen molar-refractivity contribution in [3.63, 3.8) is 0 Å². The van der Waals surface area contributed by atoms with E-state index in [4.69, 9.17) is 27.9 Å². The molecule has 2 aromatic carbocycles. The van der Waals surface area contributed by atoms with Crippen molar-refractivity contribution >= 4 is 40.8 Å². The molecule has 1 aliphatic heterocycles. The average molecular weight is 391 g/mol. The highest BCUT2D eigenvalue weighted by atomic mass is 35.5. The summed E-state index contributed by atoms with van der Waals surface area (Å²) in [5.41, 5.74) is 2.40. The van der Waals surface area contributed by atoms with Crippen LogP contribution in [-0.4, -0.2) is 22.6 Å². The van der Waals surface area contributed by atoms with E-state index in [0.29, 0.717) is 22.2 Å². The molecule has 26 heavy (non-hydrogen) atoms. The molecule has 0 radical (unpaired) electrons. The summed E-state index contributed by atoms with van der Waals surface area (Å²) in [5.74, 6) is -0.0933. The van der Waals surface area contributed by atoms with E-state index in [0.717, 1.165) is 16.8 Å². The average Bonchev–Trinajstić information content (AvgIpc) is 3.00. The molecule has 5 nitrogen and oxygen atoms in total. The molecule has 0 N–H and O–H groups in total. The number of hydrogen-bond donors (Lipinski definition) is 0. The van der Waals surface area contributed by atoms with Gasteiger partial charge in [0.1, 0.15) is 5.75 Å². The maximum atomic E-state index is 12.1. The molecule has 1 aliphatic rings. The number of halogens is 2. The van der Waals surface area contributed by atoms with Gasteiger partial charge in [0, 0.05) is 30.3 Å². The topological polar surface area (TPSA) is 59.0 Å². The molecule has 0 bridgehead atoms. The minimum atomic E-state index is -0.379. The van der Waals surface area contributed by atoms with E-state index in [1.807, 2.05) is 6.07 Å². The molecule has 0 aromatic heterocycles. The Kier molecular flexibility index (Phi) is 5.30. The molecule has 0 saturated carbocycles. The fourth-order valence-corrected chi connectivity index (χ4v) is 3.40. The molecule has 134 valence electrons. The van der Waals surface area contributed by atoms with Crippen molar-refractivity contribution in [3.05, 3.63) is 63.6 Å². The first-order valence-corrected chi connectivity index (χ1v) is 8.72. The van der Waals surface area contributed by atoms with E-state index < -0.39 is 0 Å². The molecule has 0 spiro atoms. The first kappa shape index (κ1) is 18.4. The van der Waals surface area contributed by atoms with E-state index in [1.165, 1.54) is 18.9 Å². The standard InChI is InChI=1S/C19H16Cl2N2O3/c1-11(24)23-19(16-8-5-14(20)9-17(16)21)10-18(22-23)13-3-6-15(7-4-13)26-12(2)25/h3-9,19H,10H2,1-2H3. The van der Waals surface area contributed by atoms with Crippen molar-refractivity contribution < 1.29 is 14.3 Å². The summed E-state index contributed by atoms with van der Waals surface area (Å²) in [6, 6.07) is 11.9. The number of ether oxygens (including phenoxy) is 1. The Morgan fingerprint density at radius 3 is 2.38 bits per heavy atom. The van der Waals surface area contributed by atoms with Gasteiger partial charge in [-0.1, -0.05) is 29.3 Å². The van der Waals surface area contributed by atoms with Gasteiger partial charge in [-0.15, -0.1) is 0 Å². The van der Waals surface area contributed by atoms with Crippen LogP contribution < -0.4 is 4.74 Å². The predicted molar refractivity (Wildman–Crippen MR) is 101 cm³/mol. The minimum Gasteiger partial charge on any atom is -0.427 e. The third-order valence-corrected chi connectivity index (χ3v) is 4.57. The lowest BCUT2D eigenvalue weighted by molar-refractivity contribution is -0.132. The molecule has 0 fully saturated rings. The van der Waals surface area contributed by atoms with Crippen LogP contribution in [0.1, 0.15) is 37.4 Å². The van der Waals surface area contributed by atoms with E-state index in [1.54, 1.807) is 36.4 Å². The lowest BCUT2D eigenvalue weighted by Crippen LogP contribution is -2.24. The minimum absolute atomic E-state index is 0.174. The Morgan fingerprint density at radius 1 is 1.12 bits per heavy atom. The van der Waals surface area contributed by atoms with Crippen molar-refractivity contribution in [2.75, 3.05) is 0 Å². The van der Waals surface area contributed by atoms with Gasteiger partial charge in [-0.2, -0.15) is 5.10 Å². The summed E-state index contributed by atoms with van der Waals surface area (Å²) in [6.07, 6.45) is 0.522. The van der Waals surface area contributed by atoms with Crippen LogP contribution in [-0.2, 0) is 9.59 Å². The van der Waals surface area contributed by atoms with Crippen LogP contribution in [0.4, 0.5) is 0 Å². The molecule has 1 atom stereocenters. The highest BCUT2D eigenvalue weighted by Gasteiger charge is 2.32. The van der Waals surface area contributed by atoms with Crippen LogP contribution >= 0.6 is 23.2 Å². The smallest absolute Gasteiger partial charge is 0.308 e. The molecule has 1 amide bonds. The molecule has 7 heteroatoms. The van der Waals surface area contributed by atoms with Gasteiger partial charge in [-0.3, -0.25) is 9.59 Å². The van der Waals surface area contributed by atoms with Gasteiger partial charge in [0.25, 0.3) is 0 Å². The Bertz CT molecular complexity index is 894. The summed E-state index contributed by atoms with van der Waals surface area (Å²) in [6.45, 7) is 2.81. The summed E-state index contributed by atoms with van der Waals surface area (Å²) in [7, 11) is 0. The maximum Gasteiger partial charge on any atom is 0.308 e. The Hall–Kier alpha value is -2.37. The highest BCUT2D eigenvalue weighted by molar-refractivity contribution is 6.35. The van der Waals surface area contributed by atoms with Crippen LogP contribution in [0.25, 0.3) is 0 Å². The second kappa shape index (κ2) is 7.48. The Morgan fingerprint density at radius 2 is 1.81 bits per heavy atom. The Labute approximate surface area is 161 Å². The van der Waals surface area contributed by atoms with E-state index in [9.17, 15) is 9.59 Å². The number of nitrogens with zero attached hydrogens (tertiary/aromatic N) is 2. The zero-order valence-electron chi connectivity index (χ0n) is 14.2. The number of amides is 1. The lowest BCUT2D eigenvalue weighted by atomic mass is 9.98. The monoisotopic (exact) mass is 390 g/mol. The van der Waals surface area contributed by atoms with Crippen molar-refractivity contribution in [1.82, 2.24) is 5.01 Å². The van der Waals surface area contributed by atoms with Crippen LogP contribution in [0.5, 0.6) is 5.75 Å². The van der Waals surface area contributed by atoms with Gasteiger partial charge >= 0.3 is 5.97 Å². The molecule has 1 unspecified atom stereocenters. The maximum absolute atomic E-state index is 12.1. The number of hydrogen-bond acceptors (Lipinski definition) is 4. The number of rotatable bonds is 3. The lowest BCUT2D eigenvalue weighted by Gasteiger charge is -2.21. The fourth-order valence-electron chi connectivity index (χ4n) is 2.87. The number of benzene rings is 2. The van der Waals surface area contributed by atoms with E-state index in [-0.39, 0.29) is 17.9 Å². The third kappa shape index (κ3) is 3.89. The molecular formula is C19H16Cl2N2O3. The van der Waals surface area contributed by atoms with Crippen molar-refractivity contribution in [1.29, 1.82) is 0 Å². The zero-order chi connectivity index (χ0) is 18.8. The van der Waals surface area contributed by atoms with Crippen LogP contribution in [0.2, 0.25) is 10.0 Å². The summed E-state index contributed by atoms with van der Waals surface area (Å²) in [5, 5.41) is 6.94. The summed E-state index contributed by atoms with van der Waals surface area (Å²) >= 11 is 12.3. The quantitative estimate of drug-likeness (QED) is 0.567. The van der Waals surface area contributed by atoms with Gasteiger partial charge in [0.15, 0.2) is 0 Å². The van der Waals surface area contributed by atoms with Gasteiger partial charge in [-0.05, 0) is 47.5 Å². The van der Waals surface area contributed by atoms with Crippen molar-refractivity contribution in [2.45, 2.75) is 26.3 Å². The largest absolute Gasteiger partial charge is 0.427 e. The first-order valence-electron chi connectivity index (χ1n) is 7.96. The number of hydrazone groups is 1. The van der Waals surface area contributed by atoms with Gasteiger partial charge < -0.3 is 4.74 Å².